The Hall–Kier alpha value is -1.00. The second-order valence-corrected chi connectivity index (χ2v) is 8.24. The van der Waals surface area contributed by atoms with Crippen molar-refractivity contribution in [3.63, 3.8) is 0 Å². The third-order valence-electron chi connectivity index (χ3n) is 2.97. The van der Waals surface area contributed by atoms with Gasteiger partial charge in [0.2, 0.25) is 20.0 Å². The molecular weight excluding hydrogens is 316 g/mol. The molecule has 9 heteroatoms. The van der Waals surface area contributed by atoms with E-state index in [2.05, 4.69) is 0 Å². The van der Waals surface area contributed by atoms with Crippen molar-refractivity contribution in [1.29, 1.82) is 0 Å². The van der Waals surface area contributed by atoms with Crippen molar-refractivity contribution in [1.82, 2.24) is 4.31 Å². The molecule has 21 heavy (non-hydrogen) atoms. The van der Waals surface area contributed by atoms with E-state index in [0.29, 0.717) is 25.8 Å². The number of aliphatic hydroxyl groups is 1. The molecule has 0 aliphatic carbocycles. The minimum absolute atomic E-state index is 0.0763. The fourth-order valence-corrected chi connectivity index (χ4v) is 3.62. The van der Waals surface area contributed by atoms with E-state index in [1.54, 1.807) is 0 Å². The van der Waals surface area contributed by atoms with Crippen LogP contribution in [0, 0.1) is 0 Å². The van der Waals surface area contributed by atoms with E-state index in [4.69, 9.17) is 10.2 Å². The molecule has 0 fully saturated rings. The molecule has 3 N–H and O–H groups in total. The number of hydrogen-bond donors (Lipinski definition) is 2. The minimum Gasteiger partial charge on any atom is -0.396 e. The lowest BCUT2D eigenvalue weighted by atomic mass is 10.2. The molecule has 120 valence electrons. The zero-order valence-electron chi connectivity index (χ0n) is 11.8. The maximum absolute atomic E-state index is 12.3. The van der Waals surface area contributed by atoms with Crippen LogP contribution >= 0.6 is 0 Å². The van der Waals surface area contributed by atoms with Gasteiger partial charge in [-0.2, -0.15) is 0 Å². The SMILES string of the molecule is CN(CCCCCO)S(=O)(=O)c1cccc(S(N)(=O)=O)c1. The molecule has 0 aliphatic rings. The van der Waals surface area contributed by atoms with Crippen molar-refractivity contribution in [3.05, 3.63) is 24.3 Å². The van der Waals surface area contributed by atoms with Crippen molar-refractivity contribution >= 4 is 20.0 Å². The summed E-state index contributed by atoms with van der Waals surface area (Å²) in [5.74, 6) is 0. The predicted octanol–water partition coefficient (Wildman–Crippen LogP) is 0.117. The number of rotatable bonds is 8. The Morgan fingerprint density at radius 3 is 2.29 bits per heavy atom. The molecule has 0 aromatic heterocycles. The van der Waals surface area contributed by atoms with Crippen LogP contribution in [-0.2, 0) is 20.0 Å². The molecule has 0 amide bonds. The lowest BCUT2D eigenvalue weighted by Crippen LogP contribution is -2.28. The fourth-order valence-electron chi connectivity index (χ4n) is 1.73. The normalized spacial score (nSPS) is 12.8. The summed E-state index contributed by atoms with van der Waals surface area (Å²) in [6.45, 7) is 0.370. The van der Waals surface area contributed by atoms with Gasteiger partial charge in [-0.3, -0.25) is 0 Å². The molecule has 0 spiro atoms. The Labute approximate surface area is 125 Å². The summed E-state index contributed by atoms with van der Waals surface area (Å²) >= 11 is 0. The molecule has 7 nitrogen and oxygen atoms in total. The number of benzene rings is 1. The van der Waals surface area contributed by atoms with Crippen molar-refractivity contribution in [2.45, 2.75) is 29.1 Å². The Morgan fingerprint density at radius 1 is 1.10 bits per heavy atom. The van der Waals surface area contributed by atoms with Crippen LogP contribution < -0.4 is 5.14 Å². The highest BCUT2D eigenvalue weighted by Crippen LogP contribution is 2.18. The molecule has 0 saturated carbocycles. The van der Waals surface area contributed by atoms with E-state index < -0.39 is 20.0 Å². The maximum Gasteiger partial charge on any atom is 0.242 e. The van der Waals surface area contributed by atoms with Crippen molar-refractivity contribution < 1.29 is 21.9 Å². The van der Waals surface area contributed by atoms with E-state index in [0.717, 1.165) is 10.4 Å². The summed E-state index contributed by atoms with van der Waals surface area (Å²) in [5.41, 5.74) is 0. The monoisotopic (exact) mass is 336 g/mol. The van der Waals surface area contributed by atoms with Gasteiger partial charge in [0.25, 0.3) is 0 Å². The summed E-state index contributed by atoms with van der Waals surface area (Å²) in [5, 5.41) is 13.7. The molecular formula is C12H20N2O5S2. The van der Waals surface area contributed by atoms with E-state index >= 15 is 0 Å². The van der Waals surface area contributed by atoms with Crippen LogP contribution in [0.15, 0.2) is 34.1 Å². The highest BCUT2D eigenvalue weighted by atomic mass is 32.2. The quantitative estimate of drug-likeness (QED) is 0.654. The number of aliphatic hydroxyl groups excluding tert-OH is 1. The molecule has 0 saturated heterocycles. The van der Waals surface area contributed by atoms with E-state index in [1.807, 2.05) is 0 Å². The third-order valence-corrected chi connectivity index (χ3v) is 5.74. The second kappa shape index (κ2) is 7.32. The average Bonchev–Trinajstić information content (AvgIpc) is 2.42. The Kier molecular flexibility index (Phi) is 6.29. The number of nitrogens with two attached hydrogens (primary N) is 1. The zero-order chi connectivity index (χ0) is 16.1. The lowest BCUT2D eigenvalue weighted by Gasteiger charge is -2.17. The molecule has 1 aromatic rings. The molecule has 0 bridgehead atoms. The number of primary sulfonamides is 1. The van der Waals surface area contributed by atoms with Crippen molar-refractivity contribution in [3.8, 4) is 0 Å². The molecule has 0 atom stereocenters. The van der Waals surface area contributed by atoms with Gasteiger partial charge >= 0.3 is 0 Å². The van der Waals surface area contributed by atoms with Crippen LogP contribution in [0.1, 0.15) is 19.3 Å². The summed E-state index contributed by atoms with van der Waals surface area (Å²) in [6, 6.07) is 4.96. The van der Waals surface area contributed by atoms with Gasteiger partial charge < -0.3 is 5.11 Å². The van der Waals surface area contributed by atoms with Gasteiger partial charge in [-0.1, -0.05) is 6.07 Å². The van der Waals surface area contributed by atoms with Crippen LogP contribution in [0.2, 0.25) is 0 Å². The van der Waals surface area contributed by atoms with Crippen molar-refractivity contribution in [2.24, 2.45) is 5.14 Å². The first-order valence-electron chi connectivity index (χ1n) is 6.39. The molecule has 0 aliphatic heterocycles. The topological polar surface area (TPSA) is 118 Å². The first kappa shape index (κ1) is 18.1. The van der Waals surface area contributed by atoms with Crippen LogP contribution in [0.4, 0.5) is 0 Å². The van der Waals surface area contributed by atoms with Crippen LogP contribution in [0.3, 0.4) is 0 Å². The highest BCUT2D eigenvalue weighted by Gasteiger charge is 2.22. The van der Waals surface area contributed by atoms with E-state index in [9.17, 15) is 16.8 Å². The fraction of sp³-hybridized carbons (Fsp3) is 0.500. The van der Waals surface area contributed by atoms with E-state index in [1.165, 1.54) is 25.2 Å². The first-order chi connectivity index (χ1) is 9.69. The second-order valence-electron chi connectivity index (χ2n) is 4.63. The molecule has 1 aromatic carbocycles. The molecule has 0 heterocycles. The van der Waals surface area contributed by atoms with Gasteiger partial charge in [0.1, 0.15) is 0 Å². The zero-order valence-corrected chi connectivity index (χ0v) is 13.4. The summed E-state index contributed by atoms with van der Waals surface area (Å²) in [6.07, 6.45) is 1.95. The van der Waals surface area contributed by atoms with Gasteiger partial charge in [0, 0.05) is 20.2 Å². The average molecular weight is 336 g/mol. The summed E-state index contributed by atoms with van der Waals surface area (Å²) in [7, 11) is -6.28. The number of sulfonamides is 2. The first-order valence-corrected chi connectivity index (χ1v) is 9.38. The molecule has 0 unspecified atom stereocenters. The van der Waals surface area contributed by atoms with Gasteiger partial charge in [0.15, 0.2) is 0 Å². The number of hydrogen-bond acceptors (Lipinski definition) is 5. The Balaban J connectivity index is 2.92. The number of nitrogens with zero attached hydrogens (tertiary/aromatic N) is 1. The highest BCUT2D eigenvalue weighted by molar-refractivity contribution is 7.90. The third kappa shape index (κ3) is 5.04. The predicted molar refractivity (Wildman–Crippen MR) is 78.6 cm³/mol. The van der Waals surface area contributed by atoms with Gasteiger partial charge in [-0.15, -0.1) is 0 Å². The van der Waals surface area contributed by atoms with Crippen LogP contribution in [0.25, 0.3) is 0 Å². The summed E-state index contributed by atoms with van der Waals surface area (Å²) in [4.78, 5) is -0.351. The molecule has 0 radical (unpaired) electrons. The van der Waals surface area contributed by atoms with Crippen LogP contribution in [-0.4, -0.2) is 46.4 Å². The number of unbranched alkanes of at least 4 members (excludes halogenated alkanes) is 2. The standard InChI is InChI=1S/C12H20N2O5S2/c1-14(8-3-2-4-9-15)21(18,19)12-7-5-6-11(10-12)20(13,16)17/h5-7,10,15H,2-4,8-9H2,1H3,(H2,13,16,17). The van der Waals surface area contributed by atoms with Crippen LogP contribution in [0.5, 0.6) is 0 Å². The minimum atomic E-state index is -3.95. The van der Waals surface area contributed by atoms with Crippen molar-refractivity contribution in [2.75, 3.05) is 20.2 Å². The Bertz CT molecular complexity index is 671. The smallest absolute Gasteiger partial charge is 0.242 e. The Morgan fingerprint density at radius 2 is 1.71 bits per heavy atom. The van der Waals surface area contributed by atoms with Gasteiger partial charge in [-0.25, -0.2) is 26.3 Å². The van der Waals surface area contributed by atoms with Gasteiger partial charge in [0.05, 0.1) is 9.79 Å². The maximum atomic E-state index is 12.3. The largest absolute Gasteiger partial charge is 0.396 e. The van der Waals surface area contributed by atoms with Gasteiger partial charge in [-0.05, 0) is 37.5 Å². The molecule has 1 rings (SSSR count). The van der Waals surface area contributed by atoms with E-state index in [-0.39, 0.29) is 16.4 Å². The lowest BCUT2D eigenvalue weighted by molar-refractivity contribution is 0.281. The summed E-state index contributed by atoms with van der Waals surface area (Å²) < 4.78 is 48.3.